The van der Waals surface area contributed by atoms with Crippen LogP contribution in [0.15, 0.2) is 24.3 Å². The molecule has 1 aromatic carbocycles. The molecule has 1 heterocycles. The SMILES string of the molecule is CC(C)(C)c1ccccc1OCCOCC[NH+]1CCCCCC1. The van der Waals surface area contributed by atoms with Gasteiger partial charge >= 0.3 is 0 Å². The Bertz CT molecular complexity index is 445. The van der Waals surface area contributed by atoms with Crippen LogP contribution < -0.4 is 9.64 Å². The summed E-state index contributed by atoms with van der Waals surface area (Å²) in [6, 6.07) is 8.32. The standard InChI is InChI=1S/C20H33NO2/c1-20(2,3)18-10-6-7-11-19(18)23-17-16-22-15-14-21-12-8-4-5-9-13-21/h6-7,10-11H,4-5,8-9,12-17H2,1-3H3/p+1. The highest BCUT2D eigenvalue weighted by Gasteiger charge is 2.18. The summed E-state index contributed by atoms with van der Waals surface area (Å²) in [7, 11) is 0. The first-order chi connectivity index (χ1) is 11.1. The van der Waals surface area contributed by atoms with E-state index in [1.807, 2.05) is 6.07 Å². The van der Waals surface area contributed by atoms with Crippen molar-refractivity contribution < 1.29 is 14.4 Å². The van der Waals surface area contributed by atoms with Crippen molar-refractivity contribution in [2.75, 3.05) is 39.5 Å². The van der Waals surface area contributed by atoms with Crippen LogP contribution in [0.2, 0.25) is 0 Å². The predicted molar refractivity (Wildman–Crippen MR) is 95.5 cm³/mol. The molecular formula is C20H34NO2+. The molecule has 1 N–H and O–H groups in total. The number of nitrogens with one attached hydrogen (secondary N) is 1. The summed E-state index contributed by atoms with van der Waals surface area (Å²) in [5.41, 5.74) is 1.36. The summed E-state index contributed by atoms with van der Waals surface area (Å²) < 4.78 is 11.7. The molecule has 1 aliphatic rings. The van der Waals surface area contributed by atoms with E-state index in [0.29, 0.717) is 13.2 Å². The molecule has 0 radical (unpaired) electrons. The van der Waals surface area contributed by atoms with Crippen molar-refractivity contribution in [3.05, 3.63) is 29.8 Å². The molecule has 1 saturated heterocycles. The van der Waals surface area contributed by atoms with Gasteiger partial charge < -0.3 is 14.4 Å². The van der Waals surface area contributed by atoms with Crippen LogP contribution in [0.1, 0.15) is 52.0 Å². The molecule has 130 valence electrons. The minimum absolute atomic E-state index is 0.105. The van der Waals surface area contributed by atoms with E-state index in [1.54, 1.807) is 4.90 Å². The summed E-state index contributed by atoms with van der Waals surface area (Å²) >= 11 is 0. The van der Waals surface area contributed by atoms with E-state index in [4.69, 9.17) is 9.47 Å². The van der Waals surface area contributed by atoms with Crippen molar-refractivity contribution in [1.82, 2.24) is 0 Å². The van der Waals surface area contributed by atoms with Crippen LogP contribution in [0, 0.1) is 0 Å². The number of likely N-dealkylation sites (tertiary alicyclic amines) is 1. The fraction of sp³-hybridized carbons (Fsp3) is 0.700. The van der Waals surface area contributed by atoms with Gasteiger partial charge in [0.15, 0.2) is 0 Å². The molecule has 0 aliphatic carbocycles. The molecule has 0 saturated carbocycles. The molecular weight excluding hydrogens is 286 g/mol. The van der Waals surface area contributed by atoms with Gasteiger partial charge in [0.1, 0.15) is 18.9 Å². The van der Waals surface area contributed by atoms with Crippen LogP contribution in [-0.4, -0.2) is 39.5 Å². The maximum absolute atomic E-state index is 5.94. The normalized spacial score (nSPS) is 17.0. The van der Waals surface area contributed by atoms with Gasteiger partial charge in [0, 0.05) is 0 Å². The van der Waals surface area contributed by atoms with Crippen LogP contribution in [-0.2, 0) is 10.2 Å². The fourth-order valence-electron chi connectivity index (χ4n) is 3.22. The Kier molecular flexibility index (Phi) is 7.38. The Labute approximate surface area is 142 Å². The summed E-state index contributed by atoms with van der Waals surface area (Å²) in [6.07, 6.45) is 5.57. The summed E-state index contributed by atoms with van der Waals surface area (Å²) in [6.45, 7) is 12.6. The number of quaternary nitrogens is 1. The molecule has 1 aromatic rings. The van der Waals surface area contributed by atoms with Gasteiger partial charge in [-0.05, 0) is 42.7 Å². The van der Waals surface area contributed by atoms with Gasteiger partial charge in [-0.1, -0.05) is 39.0 Å². The first kappa shape index (κ1) is 18.3. The van der Waals surface area contributed by atoms with E-state index in [9.17, 15) is 0 Å². The number of para-hydroxylation sites is 1. The lowest BCUT2D eigenvalue weighted by Gasteiger charge is -2.22. The predicted octanol–water partition coefficient (Wildman–Crippen LogP) is 2.84. The molecule has 1 fully saturated rings. The van der Waals surface area contributed by atoms with Gasteiger partial charge in [-0.3, -0.25) is 0 Å². The van der Waals surface area contributed by atoms with Crippen molar-refractivity contribution in [3.8, 4) is 5.75 Å². The highest BCUT2D eigenvalue weighted by atomic mass is 16.5. The second-order valence-electron chi connectivity index (χ2n) is 7.62. The van der Waals surface area contributed by atoms with Crippen molar-refractivity contribution in [1.29, 1.82) is 0 Å². The second-order valence-corrected chi connectivity index (χ2v) is 7.62. The molecule has 3 heteroatoms. The average molecular weight is 320 g/mol. The van der Waals surface area contributed by atoms with Gasteiger partial charge in [-0.15, -0.1) is 0 Å². The molecule has 3 nitrogen and oxygen atoms in total. The minimum atomic E-state index is 0.105. The lowest BCUT2D eigenvalue weighted by atomic mass is 9.86. The number of hydrogen-bond acceptors (Lipinski definition) is 2. The first-order valence-electron chi connectivity index (χ1n) is 9.21. The zero-order valence-electron chi connectivity index (χ0n) is 15.2. The molecule has 0 unspecified atom stereocenters. The zero-order chi connectivity index (χ0) is 16.5. The van der Waals surface area contributed by atoms with Crippen LogP contribution in [0.4, 0.5) is 0 Å². The monoisotopic (exact) mass is 320 g/mol. The number of rotatable bonds is 7. The summed E-state index contributed by atoms with van der Waals surface area (Å²) in [5, 5.41) is 0. The number of benzene rings is 1. The van der Waals surface area contributed by atoms with E-state index in [0.717, 1.165) is 18.9 Å². The van der Waals surface area contributed by atoms with E-state index in [-0.39, 0.29) is 5.41 Å². The molecule has 0 aromatic heterocycles. The molecule has 23 heavy (non-hydrogen) atoms. The third-order valence-electron chi connectivity index (χ3n) is 4.59. The lowest BCUT2D eigenvalue weighted by molar-refractivity contribution is -0.899. The van der Waals surface area contributed by atoms with Gasteiger partial charge in [-0.25, -0.2) is 0 Å². The van der Waals surface area contributed by atoms with E-state index >= 15 is 0 Å². The zero-order valence-corrected chi connectivity index (χ0v) is 15.2. The molecule has 2 rings (SSSR count). The smallest absolute Gasteiger partial charge is 0.123 e. The lowest BCUT2D eigenvalue weighted by Crippen LogP contribution is -3.12. The van der Waals surface area contributed by atoms with Crippen molar-refractivity contribution in [2.45, 2.75) is 51.9 Å². The molecule has 0 spiro atoms. The molecule has 1 aliphatic heterocycles. The maximum Gasteiger partial charge on any atom is 0.123 e. The largest absolute Gasteiger partial charge is 0.491 e. The third-order valence-corrected chi connectivity index (χ3v) is 4.59. The van der Waals surface area contributed by atoms with Gasteiger partial charge in [0.05, 0.1) is 26.3 Å². The fourth-order valence-corrected chi connectivity index (χ4v) is 3.22. The maximum atomic E-state index is 5.94. The average Bonchev–Trinajstić information content (AvgIpc) is 2.79. The van der Waals surface area contributed by atoms with Crippen LogP contribution in [0.3, 0.4) is 0 Å². The van der Waals surface area contributed by atoms with Gasteiger partial charge in [0.2, 0.25) is 0 Å². The Morgan fingerprint density at radius 2 is 1.61 bits per heavy atom. The Morgan fingerprint density at radius 1 is 0.913 bits per heavy atom. The minimum Gasteiger partial charge on any atom is -0.491 e. The Hall–Kier alpha value is -1.06. The summed E-state index contributed by atoms with van der Waals surface area (Å²) in [5.74, 6) is 0.988. The molecule has 0 amide bonds. The van der Waals surface area contributed by atoms with Crippen molar-refractivity contribution in [2.24, 2.45) is 0 Å². The quantitative estimate of drug-likeness (QED) is 0.781. The summed E-state index contributed by atoms with van der Waals surface area (Å²) in [4.78, 5) is 1.71. The van der Waals surface area contributed by atoms with Gasteiger partial charge in [0.25, 0.3) is 0 Å². The number of ether oxygens (including phenoxy) is 2. The molecule has 0 atom stereocenters. The first-order valence-corrected chi connectivity index (χ1v) is 9.21. The Balaban J connectivity index is 1.64. The van der Waals surface area contributed by atoms with Crippen LogP contribution >= 0.6 is 0 Å². The van der Waals surface area contributed by atoms with Crippen molar-refractivity contribution >= 4 is 0 Å². The topological polar surface area (TPSA) is 22.9 Å². The second kappa shape index (κ2) is 9.29. The number of hydrogen-bond donors (Lipinski definition) is 1. The third kappa shape index (κ3) is 6.52. The van der Waals surface area contributed by atoms with Gasteiger partial charge in [-0.2, -0.15) is 0 Å². The molecule has 0 bridgehead atoms. The van der Waals surface area contributed by atoms with E-state index < -0.39 is 0 Å². The highest BCUT2D eigenvalue weighted by Crippen LogP contribution is 2.30. The van der Waals surface area contributed by atoms with E-state index in [1.165, 1.54) is 44.3 Å². The van der Waals surface area contributed by atoms with Crippen LogP contribution in [0.25, 0.3) is 0 Å². The van der Waals surface area contributed by atoms with Crippen molar-refractivity contribution in [3.63, 3.8) is 0 Å². The van der Waals surface area contributed by atoms with Crippen LogP contribution in [0.5, 0.6) is 5.75 Å². The Morgan fingerprint density at radius 3 is 2.30 bits per heavy atom. The van der Waals surface area contributed by atoms with E-state index in [2.05, 4.69) is 39.0 Å². The highest BCUT2D eigenvalue weighted by molar-refractivity contribution is 5.38.